The summed E-state index contributed by atoms with van der Waals surface area (Å²) in [7, 11) is -4.42. The number of likely N-dealkylation sites (N-methyl/N-ethyl adjacent to an activating group) is 1. The standard InChI is InChI=1S/C9H18F2N2O2S/c1-2-12-7-8-5-3-4-6-13(8)16(14,15)9(10)11/h8-9,12H,2-7H2,1H3. The molecular formula is C9H18F2N2O2S. The van der Waals surface area contributed by atoms with Gasteiger partial charge in [0.1, 0.15) is 0 Å². The highest BCUT2D eigenvalue weighted by atomic mass is 32.2. The van der Waals surface area contributed by atoms with Gasteiger partial charge in [-0.25, -0.2) is 8.42 Å². The van der Waals surface area contributed by atoms with Crippen LogP contribution in [-0.4, -0.2) is 44.2 Å². The number of alkyl halides is 2. The molecule has 1 heterocycles. The lowest BCUT2D eigenvalue weighted by Gasteiger charge is -2.34. The molecule has 0 radical (unpaired) electrons. The number of rotatable bonds is 5. The fourth-order valence-electron chi connectivity index (χ4n) is 1.93. The highest BCUT2D eigenvalue weighted by Gasteiger charge is 2.37. The van der Waals surface area contributed by atoms with Gasteiger partial charge in [0.2, 0.25) is 0 Å². The van der Waals surface area contributed by atoms with Crippen LogP contribution in [-0.2, 0) is 10.0 Å². The van der Waals surface area contributed by atoms with Gasteiger partial charge in [-0.1, -0.05) is 13.3 Å². The van der Waals surface area contributed by atoms with E-state index in [2.05, 4.69) is 5.32 Å². The molecule has 0 saturated carbocycles. The maximum atomic E-state index is 12.4. The van der Waals surface area contributed by atoms with Crippen LogP contribution in [0.5, 0.6) is 0 Å². The Balaban J connectivity index is 2.74. The summed E-state index contributed by atoms with van der Waals surface area (Å²) in [6, 6.07) is -0.326. The van der Waals surface area contributed by atoms with E-state index in [1.54, 1.807) is 0 Å². The van der Waals surface area contributed by atoms with Gasteiger partial charge in [0, 0.05) is 19.1 Å². The smallest absolute Gasteiger partial charge is 0.315 e. The average molecular weight is 256 g/mol. The van der Waals surface area contributed by atoms with Gasteiger partial charge >= 0.3 is 5.76 Å². The van der Waals surface area contributed by atoms with Crippen LogP contribution in [0.25, 0.3) is 0 Å². The Morgan fingerprint density at radius 3 is 2.69 bits per heavy atom. The molecule has 7 heteroatoms. The van der Waals surface area contributed by atoms with Gasteiger partial charge in [0.05, 0.1) is 0 Å². The molecular weight excluding hydrogens is 238 g/mol. The molecule has 4 nitrogen and oxygen atoms in total. The Hall–Kier alpha value is -0.270. The molecule has 1 atom stereocenters. The zero-order chi connectivity index (χ0) is 12.2. The molecule has 1 rings (SSSR count). The summed E-state index contributed by atoms with van der Waals surface area (Å²) in [6.07, 6.45) is 2.21. The van der Waals surface area contributed by atoms with Crippen LogP contribution in [0.15, 0.2) is 0 Å². The Labute approximate surface area is 95.1 Å². The number of sulfonamides is 1. The third-order valence-electron chi connectivity index (χ3n) is 2.76. The zero-order valence-corrected chi connectivity index (χ0v) is 10.1. The van der Waals surface area contributed by atoms with Crippen molar-refractivity contribution in [2.24, 2.45) is 0 Å². The van der Waals surface area contributed by atoms with Crippen molar-refractivity contribution < 1.29 is 17.2 Å². The van der Waals surface area contributed by atoms with Crippen molar-refractivity contribution in [3.8, 4) is 0 Å². The molecule has 0 amide bonds. The molecule has 0 aromatic carbocycles. The van der Waals surface area contributed by atoms with Gasteiger partial charge in [-0.05, 0) is 19.4 Å². The van der Waals surface area contributed by atoms with Gasteiger partial charge in [0.15, 0.2) is 0 Å². The number of nitrogens with one attached hydrogen (secondary N) is 1. The first-order valence-electron chi connectivity index (χ1n) is 5.49. The van der Waals surface area contributed by atoms with Crippen LogP contribution in [0.2, 0.25) is 0 Å². The molecule has 0 spiro atoms. The molecule has 96 valence electrons. The van der Waals surface area contributed by atoms with Crippen LogP contribution < -0.4 is 5.32 Å². The minimum Gasteiger partial charge on any atom is -0.315 e. The maximum Gasteiger partial charge on any atom is 0.350 e. The quantitative estimate of drug-likeness (QED) is 0.798. The molecule has 0 aromatic heterocycles. The van der Waals surface area contributed by atoms with E-state index >= 15 is 0 Å². The summed E-state index contributed by atoms with van der Waals surface area (Å²) in [5.74, 6) is -3.31. The Morgan fingerprint density at radius 2 is 2.12 bits per heavy atom. The second-order valence-electron chi connectivity index (χ2n) is 3.87. The molecule has 1 N–H and O–H groups in total. The lowest BCUT2D eigenvalue weighted by Crippen LogP contribution is -2.50. The Kier molecular flexibility index (Phi) is 5.07. The van der Waals surface area contributed by atoms with Gasteiger partial charge in [-0.3, -0.25) is 0 Å². The number of hydrogen-bond donors (Lipinski definition) is 1. The summed E-state index contributed by atoms with van der Waals surface area (Å²) in [6.45, 7) is 3.26. The Morgan fingerprint density at radius 1 is 1.44 bits per heavy atom. The highest BCUT2D eigenvalue weighted by molar-refractivity contribution is 7.89. The van der Waals surface area contributed by atoms with Crippen molar-refractivity contribution >= 4 is 10.0 Å². The minimum atomic E-state index is -4.42. The third-order valence-corrected chi connectivity index (χ3v) is 4.34. The molecule has 0 bridgehead atoms. The van der Waals surface area contributed by atoms with Gasteiger partial charge in [0.25, 0.3) is 10.0 Å². The molecule has 0 aliphatic carbocycles. The SMILES string of the molecule is CCNCC1CCCCN1S(=O)(=O)C(F)F. The lowest BCUT2D eigenvalue weighted by atomic mass is 10.1. The molecule has 1 aliphatic heterocycles. The van der Waals surface area contributed by atoms with E-state index in [0.29, 0.717) is 25.9 Å². The first-order chi connectivity index (χ1) is 7.50. The van der Waals surface area contributed by atoms with E-state index in [1.807, 2.05) is 6.92 Å². The summed E-state index contributed by atoms with van der Waals surface area (Å²) in [5, 5.41) is 3.01. The minimum absolute atomic E-state index is 0.211. The van der Waals surface area contributed by atoms with Gasteiger partial charge in [-0.2, -0.15) is 13.1 Å². The molecule has 1 fully saturated rings. The van der Waals surface area contributed by atoms with Crippen molar-refractivity contribution in [3.05, 3.63) is 0 Å². The van der Waals surface area contributed by atoms with Crippen LogP contribution in [0.1, 0.15) is 26.2 Å². The fraction of sp³-hybridized carbons (Fsp3) is 1.00. The summed E-state index contributed by atoms with van der Waals surface area (Å²) >= 11 is 0. The van der Waals surface area contributed by atoms with E-state index < -0.39 is 15.8 Å². The Bertz CT molecular complexity index is 309. The van der Waals surface area contributed by atoms with Gasteiger partial charge in [-0.15, -0.1) is 0 Å². The number of piperidine rings is 1. The number of hydrogen-bond acceptors (Lipinski definition) is 3. The van der Waals surface area contributed by atoms with E-state index in [4.69, 9.17) is 0 Å². The van der Waals surface area contributed by atoms with Crippen LogP contribution in [0.3, 0.4) is 0 Å². The van der Waals surface area contributed by atoms with Crippen LogP contribution in [0, 0.1) is 0 Å². The number of nitrogens with zero attached hydrogens (tertiary/aromatic N) is 1. The third kappa shape index (κ3) is 3.11. The molecule has 16 heavy (non-hydrogen) atoms. The van der Waals surface area contributed by atoms with Gasteiger partial charge < -0.3 is 5.32 Å². The fourth-order valence-corrected chi connectivity index (χ4v) is 3.11. The topological polar surface area (TPSA) is 49.4 Å². The van der Waals surface area contributed by atoms with Crippen LogP contribution in [0.4, 0.5) is 8.78 Å². The average Bonchev–Trinajstić information content (AvgIpc) is 2.26. The van der Waals surface area contributed by atoms with Crippen molar-refractivity contribution in [1.82, 2.24) is 9.62 Å². The van der Waals surface area contributed by atoms with E-state index in [1.165, 1.54) is 0 Å². The molecule has 1 aliphatic rings. The maximum absolute atomic E-state index is 12.4. The first-order valence-corrected chi connectivity index (χ1v) is 7.00. The normalized spacial score (nSPS) is 23.9. The van der Waals surface area contributed by atoms with Crippen molar-refractivity contribution in [3.63, 3.8) is 0 Å². The van der Waals surface area contributed by atoms with Crippen molar-refractivity contribution in [1.29, 1.82) is 0 Å². The van der Waals surface area contributed by atoms with E-state index in [-0.39, 0.29) is 12.6 Å². The lowest BCUT2D eigenvalue weighted by molar-refractivity contribution is 0.190. The molecule has 1 saturated heterocycles. The summed E-state index contributed by atoms with van der Waals surface area (Å²) in [4.78, 5) is 0. The predicted octanol–water partition coefficient (Wildman–Crippen LogP) is 1.00. The molecule has 0 aromatic rings. The van der Waals surface area contributed by atoms with E-state index in [9.17, 15) is 17.2 Å². The first kappa shape index (κ1) is 13.8. The monoisotopic (exact) mass is 256 g/mol. The predicted molar refractivity (Wildman–Crippen MR) is 57.8 cm³/mol. The highest BCUT2D eigenvalue weighted by Crippen LogP contribution is 2.23. The van der Waals surface area contributed by atoms with Crippen LogP contribution >= 0.6 is 0 Å². The zero-order valence-electron chi connectivity index (χ0n) is 9.33. The summed E-state index contributed by atoms with van der Waals surface area (Å²) in [5.41, 5.74) is 0. The second kappa shape index (κ2) is 5.88. The largest absolute Gasteiger partial charge is 0.350 e. The second-order valence-corrected chi connectivity index (χ2v) is 5.73. The van der Waals surface area contributed by atoms with E-state index in [0.717, 1.165) is 10.7 Å². The van der Waals surface area contributed by atoms with Crippen molar-refractivity contribution in [2.45, 2.75) is 38.0 Å². The van der Waals surface area contributed by atoms with Crippen molar-refractivity contribution in [2.75, 3.05) is 19.6 Å². The number of halogens is 2. The molecule has 1 unspecified atom stereocenters. The summed E-state index contributed by atoms with van der Waals surface area (Å²) < 4.78 is 48.7.